The molecule has 0 amide bonds. The number of hydrogen-bond donors (Lipinski definition) is 3. The number of hydrogen-bond acceptors (Lipinski definition) is 15. The Morgan fingerprint density at radius 2 is 0.561 bits per heavy atom. The van der Waals surface area contributed by atoms with E-state index in [1.807, 2.05) is 0 Å². The third-order valence-electron chi connectivity index (χ3n) is 14.5. The molecule has 486 valence electrons. The van der Waals surface area contributed by atoms with Gasteiger partial charge >= 0.3 is 39.5 Å². The maximum atomic E-state index is 13.0. The van der Waals surface area contributed by atoms with Crippen molar-refractivity contribution in [2.24, 2.45) is 5.92 Å². The fourth-order valence-corrected chi connectivity index (χ4v) is 11.0. The molecule has 0 aromatic carbocycles. The molecule has 17 nitrogen and oxygen atoms in total. The lowest BCUT2D eigenvalue weighted by Crippen LogP contribution is -2.30. The lowest BCUT2D eigenvalue weighted by molar-refractivity contribution is -0.161. The van der Waals surface area contributed by atoms with Gasteiger partial charge in [-0.15, -0.1) is 0 Å². The van der Waals surface area contributed by atoms with Crippen LogP contribution in [-0.4, -0.2) is 96.7 Å². The first-order chi connectivity index (χ1) is 39.5. The fraction of sp³-hybridized carbons (Fsp3) is 0.937. The van der Waals surface area contributed by atoms with Gasteiger partial charge in [0.2, 0.25) is 0 Å². The summed E-state index contributed by atoms with van der Waals surface area (Å²) in [6, 6.07) is 0. The summed E-state index contributed by atoms with van der Waals surface area (Å²) in [4.78, 5) is 72.1. The average Bonchev–Trinajstić information content (AvgIpc) is 3.44. The predicted molar refractivity (Wildman–Crippen MR) is 326 cm³/mol. The minimum atomic E-state index is -4.94. The van der Waals surface area contributed by atoms with E-state index in [1.54, 1.807) is 0 Å². The smallest absolute Gasteiger partial charge is 0.462 e. The highest BCUT2D eigenvalue weighted by Crippen LogP contribution is 2.45. The summed E-state index contributed by atoms with van der Waals surface area (Å²) in [5.41, 5.74) is 0. The molecule has 0 saturated carbocycles. The van der Waals surface area contributed by atoms with Gasteiger partial charge in [0.05, 0.1) is 26.4 Å². The van der Waals surface area contributed by atoms with Crippen molar-refractivity contribution in [1.82, 2.24) is 0 Å². The summed E-state index contributed by atoms with van der Waals surface area (Å²) in [6.07, 6.45) is 40.3. The van der Waals surface area contributed by atoms with E-state index in [1.165, 1.54) is 128 Å². The van der Waals surface area contributed by atoms with E-state index in [-0.39, 0.29) is 25.7 Å². The van der Waals surface area contributed by atoms with Crippen LogP contribution < -0.4 is 0 Å². The number of aliphatic hydroxyl groups is 1. The second kappa shape index (κ2) is 56.8. The molecular formula is C63H122O17P2. The fourth-order valence-electron chi connectivity index (χ4n) is 9.41. The van der Waals surface area contributed by atoms with Crippen LogP contribution in [0, 0.1) is 5.92 Å². The number of phosphoric ester groups is 2. The summed E-state index contributed by atoms with van der Waals surface area (Å²) >= 11 is 0. The van der Waals surface area contributed by atoms with Gasteiger partial charge in [0.25, 0.3) is 0 Å². The summed E-state index contributed by atoms with van der Waals surface area (Å²) < 4.78 is 67.9. The zero-order valence-corrected chi connectivity index (χ0v) is 54.4. The van der Waals surface area contributed by atoms with Crippen molar-refractivity contribution in [2.75, 3.05) is 39.6 Å². The van der Waals surface area contributed by atoms with Crippen LogP contribution in [0.1, 0.15) is 317 Å². The molecule has 0 bridgehead atoms. The highest BCUT2D eigenvalue weighted by molar-refractivity contribution is 7.47. The standard InChI is InChI=1S/C63H122O17P2/c1-6-9-12-15-18-21-23-24-25-26-28-33-39-44-49-63(68)80-59(53-74-61(66)47-42-37-34-29-30-35-40-45-56(4)5)55-78-82(71,72)76-51-57(64)50-75-81(69,70)77-54-58(52-73-60(65)46-41-36-31-20-17-14-11-8-3)79-62(67)48-43-38-32-27-22-19-16-13-10-7-2/h56-59,64H,6-55H2,1-5H3,(H,69,70)(H,71,72)/t57-,58+,59+/m0/s1. The van der Waals surface area contributed by atoms with Crippen LogP contribution in [0.5, 0.6) is 0 Å². The number of carbonyl (C=O) groups excluding carboxylic acids is 4. The van der Waals surface area contributed by atoms with Gasteiger partial charge in [0.1, 0.15) is 19.3 Å². The Labute approximate surface area is 498 Å². The van der Waals surface area contributed by atoms with E-state index >= 15 is 0 Å². The van der Waals surface area contributed by atoms with Gasteiger partial charge in [-0.2, -0.15) is 0 Å². The Morgan fingerprint density at radius 1 is 0.329 bits per heavy atom. The van der Waals surface area contributed by atoms with Gasteiger partial charge < -0.3 is 33.8 Å². The van der Waals surface area contributed by atoms with Gasteiger partial charge in [-0.3, -0.25) is 37.3 Å². The van der Waals surface area contributed by atoms with Gasteiger partial charge in [-0.25, -0.2) is 9.13 Å². The lowest BCUT2D eigenvalue weighted by Gasteiger charge is -2.21. The van der Waals surface area contributed by atoms with Gasteiger partial charge in [0.15, 0.2) is 12.2 Å². The Kier molecular flexibility index (Phi) is 55.5. The van der Waals surface area contributed by atoms with Crippen molar-refractivity contribution >= 4 is 39.5 Å². The van der Waals surface area contributed by atoms with Gasteiger partial charge in [0, 0.05) is 25.7 Å². The van der Waals surface area contributed by atoms with E-state index in [0.717, 1.165) is 103 Å². The van der Waals surface area contributed by atoms with Crippen LogP contribution in [0.25, 0.3) is 0 Å². The SMILES string of the molecule is CCCCCCCCCCCCCCCCC(=O)O[C@H](COC(=O)CCCCCCCCCC(C)C)COP(=O)(O)OC[C@@H](O)COP(=O)(O)OC[C@@H](COC(=O)CCCCCCCCCC)OC(=O)CCCCCCCCCCCC. The number of ether oxygens (including phenoxy) is 4. The number of carbonyl (C=O) groups is 4. The Morgan fingerprint density at radius 3 is 0.829 bits per heavy atom. The second-order valence-corrected chi connectivity index (χ2v) is 26.2. The first-order valence-corrected chi connectivity index (χ1v) is 36.1. The van der Waals surface area contributed by atoms with E-state index in [4.69, 9.17) is 37.0 Å². The Balaban J connectivity index is 5.22. The van der Waals surface area contributed by atoms with Crippen molar-refractivity contribution < 1.29 is 80.2 Å². The molecule has 2 unspecified atom stereocenters. The van der Waals surface area contributed by atoms with E-state index in [9.17, 15) is 43.2 Å². The lowest BCUT2D eigenvalue weighted by atomic mass is 10.0. The third kappa shape index (κ3) is 57.2. The molecule has 0 aliphatic heterocycles. The number of phosphoric acid groups is 2. The van der Waals surface area contributed by atoms with Crippen molar-refractivity contribution in [1.29, 1.82) is 0 Å². The number of unbranched alkanes of at least 4 members (excludes halogenated alkanes) is 35. The van der Waals surface area contributed by atoms with E-state index in [2.05, 4.69) is 34.6 Å². The molecule has 0 rings (SSSR count). The van der Waals surface area contributed by atoms with Crippen molar-refractivity contribution in [3.05, 3.63) is 0 Å². The molecule has 0 heterocycles. The molecular weight excluding hydrogens is 1090 g/mol. The van der Waals surface area contributed by atoms with Crippen LogP contribution in [-0.2, 0) is 65.4 Å². The van der Waals surface area contributed by atoms with Crippen LogP contribution in [0.15, 0.2) is 0 Å². The van der Waals surface area contributed by atoms with Crippen LogP contribution >= 0.6 is 15.6 Å². The molecule has 0 aliphatic rings. The summed E-state index contributed by atoms with van der Waals surface area (Å²) in [6.45, 7) is 7.10. The van der Waals surface area contributed by atoms with Crippen LogP contribution in [0.3, 0.4) is 0 Å². The number of rotatable bonds is 63. The van der Waals surface area contributed by atoms with Crippen molar-refractivity contribution in [3.8, 4) is 0 Å². The van der Waals surface area contributed by atoms with Crippen LogP contribution in [0.4, 0.5) is 0 Å². The Hall–Kier alpha value is -1.94. The minimum Gasteiger partial charge on any atom is -0.462 e. The summed E-state index contributed by atoms with van der Waals surface area (Å²) in [7, 11) is -9.88. The first-order valence-electron chi connectivity index (χ1n) is 33.1. The van der Waals surface area contributed by atoms with E-state index < -0.39 is 97.5 Å². The van der Waals surface area contributed by atoms with Crippen LogP contribution in [0.2, 0.25) is 0 Å². The summed E-state index contributed by atoms with van der Waals surface area (Å²) in [5, 5.41) is 10.5. The maximum absolute atomic E-state index is 13.0. The molecule has 0 saturated heterocycles. The molecule has 0 spiro atoms. The van der Waals surface area contributed by atoms with Gasteiger partial charge in [-0.05, 0) is 31.6 Å². The molecule has 0 fully saturated rings. The Bertz CT molecular complexity index is 1600. The highest BCUT2D eigenvalue weighted by atomic mass is 31.2. The van der Waals surface area contributed by atoms with Crippen molar-refractivity contribution in [3.63, 3.8) is 0 Å². The highest BCUT2D eigenvalue weighted by Gasteiger charge is 2.30. The molecule has 19 heteroatoms. The quantitative estimate of drug-likeness (QED) is 0.0222. The maximum Gasteiger partial charge on any atom is 0.472 e. The first kappa shape index (κ1) is 80.1. The third-order valence-corrected chi connectivity index (χ3v) is 16.4. The molecule has 3 N–H and O–H groups in total. The zero-order chi connectivity index (χ0) is 60.6. The molecule has 5 atom stereocenters. The number of aliphatic hydroxyl groups excluding tert-OH is 1. The molecule has 0 aromatic rings. The van der Waals surface area contributed by atoms with Gasteiger partial charge in [-0.1, -0.05) is 266 Å². The monoisotopic (exact) mass is 1210 g/mol. The largest absolute Gasteiger partial charge is 0.472 e. The average molecular weight is 1210 g/mol. The normalized spacial score (nSPS) is 14.3. The predicted octanol–water partition coefficient (Wildman–Crippen LogP) is 17.4. The molecule has 0 radical (unpaired) electrons. The topological polar surface area (TPSA) is 237 Å². The molecule has 0 aromatic heterocycles. The second-order valence-electron chi connectivity index (χ2n) is 23.3. The van der Waals surface area contributed by atoms with E-state index in [0.29, 0.717) is 31.6 Å². The molecule has 0 aliphatic carbocycles. The molecule has 82 heavy (non-hydrogen) atoms. The minimum absolute atomic E-state index is 0.106. The summed E-state index contributed by atoms with van der Waals surface area (Å²) in [5.74, 6) is -1.43. The van der Waals surface area contributed by atoms with Crippen molar-refractivity contribution in [2.45, 2.75) is 335 Å². The zero-order valence-electron chi connectivity index (χ0n) is 52.6. The number of esters is 4.